The van der Waals surface area contributed by atoms with Gasteiger partial charge in [0.15, 0.2) is 0 Å². The highest BCUT2D eigenvalue weighted by molar-refractivity contribution is 7.90. The van der Waals surface area contributed by atoms with Gasteiger partial charge in [0.1, 0.15) is 22.2 Å². The zero-order valence-corrected chi connectivity index (χ0v) is 22.0. The van der Waals surface area contributed by atoms with Gasteiger partial charge in [-0.2, -0.15) is 0 Å². The summed E-state index contributed by atoms with van der Waals surface area (Å²) < 4.78 is 34.4. The Morgan fingerprint density at radius 2 is 1.86 bits per heavy atom. The smallest absolute Gasteiger partial charge is 0.307 e. The normalized spacial score (nSPS) is 19.7. The predicted octanol–water partition coefficient (Wildman–Crippen LogP) is 4.73. The molecule has 5 rings (SSSR count). The zero-order valence-electron chi connectivity index (χ0n) is 21.2. The van der Waals surface area contributed by atoms with Crippen LogP contribution < -0.4 is 9.47 Å². The van der Waals surface area contributed by atoms with E-state index in [2.05, 4.69) is 17.1 Å². The molecular formula is C29H31NO6S. The third kappa shape index (κ3) is 5.49. The average Bonchev–Trinajstić information content (AvgIpc) is 3.42. The van der Waals surface area contributed by atoms with E-state index in [0.29, 0.717) is 25.5 Å². The third-order valence-corrected chi connectivity index (χ3v) is 8.33. The topological polar surface area (TPSA) is 103 Å². The summed E-state index contributed by atoms with van der Waals surface area (Å²) >= 11 is 0. The number of fused-ring (bicyclic) bond motifs is 3. The summed E-state index contributed by atoms with van der Waals surface area (Å²) in [4.78, 5) is 15.7. The number of sulfone groups is 1. The van der Waals surface area contributed by atoms with Gasteiger partial charge in [-0.05, 0) is 89.8 Å². The van der Waals surface area contributed by atoms with Crippen molar-refractivity contribution in [2.75, 3.05) is 18.6 Å². The Balaban J connectivity index is 1.23. The number of ether oxygens (including phenoxy) is 2. The molecule has 1 saturated carbocycles. The summed E-state index contributed by atoms with van der Waals surface area (Å²) in [5.41, 5.74) is 7.60. The molecule has 37 heavy (non-hydrogen) atoms. The van der Waals surface area contributed by atoms with Gasteiger partial charge in [-0.1, -0.05) is 18.2 Å². The van der Waals surface area contributed by atoms with Crippen LogP contribution in [0.15, 0.2) is 48.7 Å². The third-order valence-electron chi connectivity index (χ3n) is 7.30. The molecule has 1 N–H and O–H groups in total. The van der Waals surface area contributed by atoms with Crippen LogP contribution in [0.25, 0.3) is 11.1 Å². The minimum atomic E-state index is -2.99. The fourth-order valence-electron chi connectivity index (χ4n) is 5.63. The van der Waals surface area contributed by atoms with Crippen molar-refractivity contribution in [3.63, 3.8) is 0 Å². The van der Waals surface area contributed by atoms with Crippen LogP contribution in [0, 0.1) is 25.7 Å². The summed E-state index contributed by atoms with van der Waals surface area (Å²) in [5, 5.41) is 9.30. The van der Waals surface area contributed by atoms with Crippen LogP contribution in [0.4, 0.5) is 0 Å². The number of hydrogen-bond donors (Lipinski definition) is 1. The highest BCUT2D eigenvalue weighted by atomic mass is 32.2. The molecule has 2 aromatic carbocycles. The number of aryl methyl sites for hydroxylation is 2. The Kier molecular flexibility index (Phi) is 6.70. The van der Waals surface area contributed by atoms with Gasteiger partial charge in [0.2, 0.25) is 5.88 Å². The van der Waals surface area contributed by atoms with Gasteiger partial charge in [0.05, 0.1) is 18.3 Å². The van der Waals surface area contributed by atoms with Crippen LogP contribution in [0.1, 0.15) is 40.2 Å². The van der Waals surface area contributed by atoms with E-state index in [1.807, 2.05) is 44.2 Å². The lowest BCUT2D eigenvalue weighted by Gasteiger charge is -2.15. The van der Waals surface area contributed by atoms with E-state index in [1.165, 1.54) is 6.26 Å². The maximum atomic E-state index is 11.3. The Labute approximate surface area is 217 Å². The maximum absolute atomic E-state index is 11.3. The van der Waals surface area contributed by atoms with Crippen LogP contribution in [0.5, 0.6) is 11.6 Å². The molecular weight excluding hydrogens is 490 g/mol. The molecule has 0 bridgehead atoms. The first kappa shape index (κ1) is 25.3. The molecule has 0 aliphatic heterocycles. The SMILES string of the molecule is Cc1cc(OCCCS(C)(=O)=O)cc(C)c1-c1cccc(COc2cc3c(cn2)[C@H]2[C@@H](C3)[C@@H]2C(=O)O)c1. The van der Waals surface area contributed by atoms with Gasteiger partial charge < -0.3 is 14.6 Å². The standard InChI is InChI=1S/C29H31NO6S/c1-17-10-22(35-8-5-9-37(3,33)34)11-18(2)26(17)20-7-4-6-19(12-20)16-36-25-14-21-13-23-27(24(21)15-30-25)28(23)29(31)32/h4,6-7,10-12,14-15,23,27-28H,5,8-9,13,16H2,1-3H3,(H,31,32)/t23-,27-,28+/m1/s1. The average molecular weight is 522 g/mol. The first-order chi connectivity index (χ1) is 17.6. The van der Waals surface area contributed by atoms with E-state index in [9.17, 15) is 18.3 Å². The second-order valence-electron chi connectivity index (χ2n) is 10.2. The van der Waals surface area contributed by atoms with Crippen LogP contribution in [0.2, 0.25) is 0 Å². The Hall–Kier alpha value is -3.39. The summed E-state index contributed by atoms with van der Waals surface area (Å²) in [6.07, 6.45) is 4.26. The summed E-state index contributed by atoms with van der Waals surface area (Å²) in [7, 11) is -2.99. The van der Waals surface area contributed by atoms with E-state index in [1.54, 1.807) is 6.20 Å². The molecule has 0 spiro atoms. The zero-order chi connectivity index (χ0) is 26.3. The predicted molar refractivity (Wildman–Crippen MR) is 141 cm³/mol. The number of carboxylic acid groups (broad SMARTS) is 1. The first-order valence-electron chi connectivity index (χ1n) is 12.5. The second-order valence-corrected chi connectivity index (χ2v) is 12.5. The van der Waals surface area contributed by atoms with Crippen molar-refractivity contribution in [3.05, 3.63) is 76.5 Å². The summed E-state index contributed by atoms with van der Waals surface area (Å²) in [5.74, 6) is 0.766. The maximum Gasteiger partial charge on any atom is 0.307 e. The second kappa shape index (κ2) is 9.82. The van der Waals surface area contributed by atoms with E-state index in [0.717, 1.165) is 51.1 Å². The minimum absolute atomic E-state index is 0.112. The van der Waals surface area contributed by atoms with Crippen molar-refractivity contribution in [2.24, 2.45) is 11.8 Å². The fourth-order valence-corrected chi connectivity index (χ4v) is 6.27. The molecule has 0 unspecified atom stereocenters. The lowest BCUT2D eigenvalue weighted by Crippen LogP contribution is -2.08. The monoisotopic (exact) mass is 521 g/mol. The van der Waals surface area contributed by atoms with Crippen LogP contribution in [-0.4, -0.2) is 43.1 Å². The fraction of sp³-hybridized carbons (Fsp3) is 0.379. The molecule has 2 aliphatic carbocycles. The Morgan fingerprint density at radius 3 is 2.57 bits per heavy atom. The molecule has 1 fully saturated rings. The van der Waals surface area contributed by atoms with Crippen LogP contribution >= 0.6 is 0 Å². The van der Waals surface area contributed by atoms with Crippen molar-refractivity contribution < 1.29 is 27.8 Å². The van der Waals surface area contributed by atoms with E-state index >= 15 is 0 Å². The highest BCUT2D eigenvalue weighted by Gasteiger charge is 2.59. The molecule has 3 aromatic rings. The molecule has 194 valence electrons. The molecule has 2 aliphatic rings. The van der Waals surface area contributed by atoms with E-state index in [-0.39, 0.29) is 23.5 Å². The van der Waals surface area contributed by atoms with E-state index < -0.39 is 15.8 Å². The molecule has 1 aromatic heterocycles. The molecule has 1 heterocycles. The van der Waals surface area contributed by atoms with Crippen molar-refractivity contribution in [3.8, 4) is 22.8 Å². The minimum Gasteiger partial charge on any atom is -0.494 e. The molecule has 7 nitrogen and oxygen atoms in total. The number of carboxylic acids is 1. The summed E-state index contributed by atoms with van der Waals surface area (Å²) in [6, 6.07) is 14.1. The number of carbonyl (C=O) groups is 1. The van der Waals surface area contributed by atoms with Gasteiger partial charge in [0, 0.05) is 24.4 Å². The summed E-state index contributed by atoms with van der Waals surface area (Å²) in [6.45, 7) is 4.83. The first-order valence-corrected chi connectivity index (χ1v) is 14.5. The van der Waals surface area contributed by atoms with Gasteiger partial charge in [-0.3, -0.25) is 4.79 Å². The quantitative estimate of drug-likeness (QED) is 0.385. The van der Waals surface area contributed by atoms with Crippen LogP contribution in [-0.2, 0) is 27.7 Å². The number of benzene rings is 2. The number of hydrogen-bond acceptors (Lipinski definition) is 6. The molecule has 0 radical (unpaired) electrons. The number of aromatic nitrogens is 1. The molecule has 0 saturated heterocycles. The van der Waals surface area contributed by atoms with Crippen molar-refractivity contribution in [2.45, 2.75) is 39.2 Å². The lowest BCUT2D eigenvalue weighted by atomic mass is 9.94. The number of rotatable bonds is 10. The van der Waals surface area contributed by atoms with Gasteiger partial charge in [-0.15, -0.1) is 0 Å². The van der Waals surface area contributed by atoms with Gasteiger partial charge in [0.25, 0.3) is 0 Å². The van der Waals surface area contributed by atoms with Crippen molar-refractivity contribution in [1.82, 2.24) is 4.98 Å². The molecule has 3 atom stereocenters. The molecule has 0 amide bonds. The number of pyridine rings is 1. The molecule has 8 heteroatoms. The Bertz CT molecular complexity index is 1440. The Morgan fingerprint density at radius 1 is 1.11 bits per heavy atom. The van der Waals surface area contributed by atoms with Gasteiger partial charge >= 0.3 is 5.97 Å². The highest BCUT2D eigenvalue weighted by Crippen LogP contribution is 2.61. The number of aliphatic carboxylic acids is 1. The van der Waals surface area contributed by atoms with Crippen molar-refractivity contribution >= 4 is 15.8 Å². The van der Waals surface area contributed by atoms with Crippen LogP contribution in [0.3, 0.4) is 0 Å². The lowest BCUT2D eigenvalue weighted by molar-refractivity contribution is -0.139. The van der Waals surface area contributed by atoms with Crippen molar-refractivity contribution in [1.29, 1.82) is 0 Å². The largest absolute Gasteiger partial charge is 0.494 e. The van der Waals surface area contributed by atoms with E-state index in [4.69, 9.17) is 9.47 Å². The van der Waals surface area contributed by atoms with Gasteiger partial charge in [-0.25, -0.2) is 13.4 Å². The number of nitrogens with zero attached hydrogens (tertiary/aromatic N) is 1.